The average molecular weight is 281 g/mol. The largest absolute Gasteiger partial charge is 0.310 e. The van der Waals surface area contributed by atoms with Crippen LogP contribution in [-0.4, -0.2) is 17.0 Å². The Morgan fingerprint density at radius 1 is 1.00 bits per heavy atom. The summed E-state index contributed by atoms with van der Waals surface area (Å²) in [4.78, 5) is 8.78. The number of nitrogens with zero attached hydrogens (tertiary/aromatic N) is 2. The molecule has 0 amide bonds. The zero-order chi connectivity index (χ0) is 14.5. The van der Waals surface area contributed by atoms with Crippen LogP contribution in [-0.2, 0) is 0 Å². The van der Waals surface area contributed by atoms with Gasteiger partial charge in [0.25, 0.3) is 0 Å². The van der Waals surface area contributed by atoms with Crippen molar-refractivity contribution in [3.63, 3.8) is 0 Å². The van der Waals surface area contributed by atoms with E-state index in [1.54, 1.807) is 12.4 Å². The van der Waals surface area contributed by atoms with Gasteiger partial charge in [-0.25, -0.2) is 0 Å². The first-order chi connectivity index (χ1) is 10.4. The van der Waals surface area contributed by atoms with Gasteiger partial charge in [-0.05, 0) is 50.4 Å². The summed E-state index contributed by atoms with van der Waals surface area (Å²) in [5.74, 6) is 0. The molecule has 1 heterocycles. The van der Waals surface area contributed by atoms with Gasteiger partial charge in [0.2, 0.25) is 0 Å². The molecule has 1 unspecified atom stereocenters. The second-order valence-electron chi connectivity index (χ2n) is 5.76. The van der Waals surface area contributed by atoms with Crippen molar-refractivity contribution in [1.82, 2.24) is 15.3 Å². The van der Waals surface area contributed by atoms with E-state index in [1.165, 1.54) is 49.7 Å². The van der Waals surface area contributed by atoms with Crippen molar-refractivity contribution >= 4 is 11.0 Å². The Morgan fingerprint density at radius 3 is 2.67 bits per heavy atom. The first-order valence-electron chi connectivity index (χ1n) is 7.95. The molecule has 0 bridgehead atoms. The number of aromatic nitrogens is 2. The van der Waals surface area contributed by atoms with Crippen LogP contribution in [0.2, 0.25) is 0 Å². The molecule has 0 radical (unpaired) electrons. The molecule has 110 valence electrons. The van der Waals surface area contributed by atoms with Crippen LogP contribution in [0.1, 0.15) is 50.1 Å². The van der Waals surface area contributed by atoms with E-state index in [1.807, 2.05) is 7.05 Å². The summed E-state index contributed by atoms with van der Waals surface area (Å²) in [6.45, 7) is 0. The molecule has 21 heavy (non-hydrogen) atoms. The number of benzene rings is 1. The van der Waals surface area contributed by atoms with E-state index in [9.17, 15) is 0 Å². The standard InChI is InChI=1S/C18H23N3/c1-19-18(14-7-5-3-2-4-6-8-14)15-9-10-16-17(13-15)21-12-11-20-16/h7,9-13,18-19H,2-6,8H2,1H3/b14-7+. The fourth-order valence-corrected chi connectivity index (χ4v) is 3.20. The van der Waals surface area contributed by atoms with Gasteiger partial charge in [-0.3, -0.25) is 9.97 Å². The molecular weight excluding hydrogens is 258 g/mol. The molecule has 1 atom stereocenters. The second-order valence-corrected chi connectivity index (χ2v) is 5.76. The quantitative estimate of drug-likeness (QED) is 0.858. The van der Waals surface area contributed by atoms with Gasteiger partial charge < -0.3 is 5.32 Å². The topological polar surface area (TPSA) is 37.8 Å². The average Bonchev–Trinajstić information content (AvgIpc) is 2.49. The molecule has 1 aromatic carbocycles. The summed E-state index contributed by atoms with van der Waals surface area (Å²) in [7, 11) is 2.05. The molecule has 3 heteroatoms. The molecule has 0 fully saturated rings. The zero-order valence-corrected chi connectivity index (χ0v) is 12.7. The minimum atomic E-state index is 0.300. The molecule has 3 rings (SSSR count). The van der Waals surface area contributed by atoms with Crippen LogP contribution in [0, 0.1) is 0 Å². The molecule has 3 nitrogen and oxygen atoms in total. The Kier molecular flexibility index (Phi) is 4.61. The molecular formula is C18H23N3. The van der Waals surface area contributed by atoms with E-state index in [4.69, 9.17) is 0 Å². The van der Waals surface area contributed by atoms with Gasteiger partial charge in [-0.15, -0.1) is 0 Å². The first-order valence-corrected chi connectivity index (χ1v) is 7.95. The highest BCUT2D eigenvalue weighted by molar-refractivity contribution is 5.74. The zero-order valence-electron chi connectivity index (χ0n) is 12.7. The lowest BCUT2D eigenvalue weighted by Gasteiger charge is -2.22. The molecule has 1 aliphatic carbocycles. The van der Waals surface area contributed by atoms with E-state index in [2.05, 4.69) is 39.6 Å². The second kappa shape index (κ2) is 6.81. The Hall–Kier alpha value is -1.74. The van der Waals surface area contributed by atoms with E-state index in [-0.39, 0.29) is 0 Å². The highest BCUT2D eigenvalue weighted by atomic mass is 14.9. The molecule has 0 saturated carbocycles. The van der Waals surface area contributed by atoms with Crippen LogP contribution >= 0.6 is 0 Å². The van der Waals surface area contributed by atoms with Crippen molar-refractivity contribution in [2.24, 2.45) is 0 Å². The summed E-state index contributed by atoms with van der Waals surface area (Å²) in [6, 6.07) is 6.72. The van der Waals surface area contributed by atoms with Gasteiger partial charge in [0.05, 0.1) is 17.1 Å². The fraction of sp³-hybridized carbons (Fsp3) is 0.444. The normalized spacial score (nSPS) is 20.3. The lowest BCUT2D eigenvalue weighted by molar-refractivity contribution is 0.574. The maximum absolute atomic E-state index is 4.43. The minimum absolute atomic E-state index is 0.300. The van der Waals surface area contributed by atoms with Gasteiger partial charge in [-0.2, -0.15) is 0 Å². The third kappa shape index (κ3) is 3.30. The van der Waals surface area contributed by atoms with Crippen molar-refractivity contribution < 1.29 is 0 Å². The van der Waals surface area contributed by atoms with Crippen LogP contribution < -0.4 is 5.32 Å². The van der Waals surface area contributed by atoms with E-state index >= 15 is 0 Å². The number of rotatable bonds is 3. The first kappa shape index (κ1) is 14.2. The van der Waals surface area contributed by atoms with Crippen LogP contribution in [0.3, 0.4) is 0 Å². The molecule has 2 aromatic rings. The van der Waals surface area contributed by atoms with Crippen LogP contribution in [0.15, 0.2) is 42.2 Å². The van der Waals surface area contributed by atoms with Gasteiger partial charge in [0.1, 0.15) is 0 Å². The minimum Gasteiger partial charge on any atom is -0.310 e. The van der Waals surface area contributed by atoms with Crippen molar-refractivity contribution in [2.45, 2.75) is 44.6 Å². The Bertz CT molecular complexity index is 633. The van der Waals surface area contributed by atoms with Crippen LogP contribution in [0.4, 0.5) is 0 Å². The van der Waals surface area contributed by atoms with Crippen molar-refractivity contribution in [3.8, 4) is 0 Å². The third-order valence-electron chi connectivity index (χ3n) is 4.31. The number of hydrogen-bond donors (Lipinski definition) is 1. The smallest absolute Gasteiger partial charge is 0.0890 e. The number of hydrogen-bond acceptors (Lipinski definition) is 3. The van der Waals surface area contributed by atoms with Crippen LogP contribution in [0.25, 0.3) is 11.0 Å². The van der Waals surface area contributed by atoms with Gasteiger partial charge in [-0.1, -0.05) is 30.6 Å². The molecule has 1 N–H and O–H groups in total. The van der Waals surface area contributed by atoms with E-state index in [0.717, 1.165) is 11.0 Å². The van der Waals surface area contributed by atoms with Gasteiger partial charge in [0.15, 0.2) is 0 Å². The maximum atomic E-state index is 4.43. The SMILES string of the molecule is CNC(/C1=C/CCCCCC1)c1ccc2nccnc2c1. The lowest BCUT2D eigenvalue weighted by Crippen LogP contribution is -2.19. The van der Waals surface area contributed by atoms with Crippen molar-refractivity contribution in [1.29, 1.82) is 0 Å². The van der Waals surface area contributed by atoms with Crippen molar-refractivity contribution in [3.05, 3.63) is 47.8 Å². The third-order valence-corrected chi connectivity index (χ3v) is 4.31. The summed E-state index contributed by atoms with van der Waals surface area (Å²) >= 11 is 0. The summed E-state index contributed by atoms with van der Waals surface area (Å²) in [5.41, 5.74) is 4.75. The molecule has 0 aliphatic heterocycles. The molecule has 0 saturated heterocycles. The van der Waals surface area contributed by atoms with Gasteiger partial charge >= 0.3 is 0 Å². The number of allylic oxidation sites excluding steroid dienone is 1. The number of likely N-dealkylation sites (N-methyl/N-ethyl adjacent to an activating group) is 1. The summed E-state index contributed by atoms with van der Waals surface area (Å²) in [6.07, 6.45) is 13.7. The monoisotopic (exact) mass is 281 g/mol. The van der Waals surface area contributed by atoms with Gasteiger partial charge in [0, 0.05) is 12.4 Å². The van der Waals surface area contributed by atoms with E-state index in [0.29, 0.717) is 6.04 Å². The molecule has 1 aromatic heterocycles. The summed E-state index contributed by atoms with van der Waals surface area (Å²) in [5, 5.41) is 3.48. The highest BCUT2D eigenvalue weighted by Gasteiger charge is 2.16. The number of fused-ring (bicyclic) bond motifs is 1. The predicted octanol–water partition coefficient (Wildman–Crippen LogP) is 4.17. The predicted molar refractivity (Wildman–Crippen MR) is 87.1 cm³/mol. The van der Waals surface area contributed by atoms with E-state index < -0.39 is 0 Å². The maximum Gasteiger partial charge on any atom is 0.0890 e. The number of nitrogens with one attached hydrogen (secondary N) is 1. The molecule has 0 spiro atoms. The Morgan fingerprint density at radius 2 is 1.81 bits per heavy atom. The fourth-order valence-electron chi connectivity index (χ4n) is 3.20. The van der Waals surface area contributed by atoms with Crippen LogP contribution in [0.5, 0.6) is 0 Å². The summed E-state index contributed by atoms with van der Waals surface area (Å²) < 4.78 is 0. The lowest BCUT2D eigenvalue weighted by atomic mass is 9.91. The highest BCUT2D eigenvalue weighted by Crippen LogP contribution is 2.29. The van der Waals surface area contributed by atoms with Crippen molar-refractivity contribution in [2.75, 3.05) is 7.05 Å². The Balaban J connectivity index is 1.92. The Labute approximate surface area is 126 Å². The molecule has 1 aliphatic rings.